The molecule has 1 fully saturated rings. The highest BCUT2D eigenvalue weighted by molar-refractivity contribution is 5.83. The third-order valence-electron chi connectivity index (χ3n) is 3.67. The van der Waals surface area contributed by atoms with Crippen LogP contribution in [0.25, 0.3) is 0 Å². The number of carbonyl (C=O) groups is 3. The number of carboxylic acid groups (broad SMARTS) is 2. The molecule has 0 aliphatic carbocycles. The Morgan fingerprint density at radius 2 is 2.17 bits per heavy atom. The first kappa shape index (κ1) is 17.7. The second kappa shape index (κ2) is 7.73. The van der Waals surface area contributed by atoms with Gasteiger partial charge in [0.05, 0.1) is 12.6 Å². The van der Waals surface area contributed by atoms with Gasteiger partial charge in [-0.2, -0.15) is 4.98 Å². The van der Waals surface area contributed by atoms with Crippen LogP contribution < -0.4 is 11.1 Å². The van der Waals surface area contributed by atoms with Crippen molar-refractivity contribution in [3.05, 3.63) is 11.7 Å². The Balaban J connectivity index is 1.85. The van der Waals surface area contributed by atoms with Crippen LogP contribution in [0.3, 0.4) is 0 Å². The second-order valence-corrected chi connectivity index (χ2v) is 5.43. The van der Waals surface area contributed by atoms with Crippen LogP contribution in [0, 0.1) is 0 Å². The van der Waals surface area contributed by atoms with Gasteiger partial charge in [-0.25, -0.2) is 9.59 Å². The molecule has 2 rings (SSSR count). The van der Waals surface area contributed by atoms with E-state index in [0.29, 0.717) is 19.4 Å². The van der Waals surface area contributed by atoms with Crippen molar-refractivity contribution in [3.63, 3.8) is 0 Å². The lowest BCUT2D eigenvalue weighted by Crippen LogP contribution is -2.45. The summed E-state index contributed by atoms with van der Waals surface area (Å²) in [5, 5.41) is 23.8. The van der Waals surface area contributed by atoms with Gasteiger partial charge in [-0.1, -0.05) is 5.16 Å². The zero-order valence-corrected chi connectivity index (χ0v) is 12.8. The van der Waals surface area contributed by atoms with Crippen molar-refractivity contribution in [2.75, 3.05) is 6.54 Å². The van der Waals surface area contributed by atoms with E-state index in [4.69, 9.17) is 20.5 Å². The molecule has 11 nitrogen and oxygen atoms in total. The largest absolute Gasteiger partial charge is 0.481 e. The summed E-state index contributed by atoms with van der Waals surface area (Å²) in [6, 6.07) is -2.02. The molecule has 0 radical (unpaired) electrons. The van der Waals surface area contributed by atoms with Gasteiger partial charge >= 0.3 is 18.0 Å². The van der Waals surface area contributed by atoms with Crippen molar-refractivity contribution in [3.8, 4) is 0 Å². The number of urea groups is 1. The number of nitrogens with two attached hydrogens (primary N) is 1. The molecule has 0 bridgehead atoms. The monoisotopic (exact) mass is 341 g/mol. The Morgan fingerprint density at radius 3 is 2.83 bits per heavy atom. The quantitative estimate of drug-likeness (QED) is 0.519. The fourth-order valence-electron chi connectivity index (χ4n) is 2.42. The number of hydrogen-bond donors (Lipinski definition) is 4. The van der Waals surface area contributed by atoms with Crippen molar-refractivity contribution in [2.45, 2.75) is 44.3 Å². The van der Waals surface area contributed by atoms with Gasteiger partial charge in [0.15, 0.2) is 5.82 Å². The highest BCUT2D eigenvalue weighted by Crippen LogP contribution is 2.17. The maximum Gasteiger partial charge on any atom is 0.326 e. The van der Waals surface area contributed by atoms with Gasteiger partial charge in [-0.15, -0.1) is 0 Å². The van der Waals surface area contributed by atoms with E-state index in [9.17, 15) is 14.4 Å². The van der Waals surface area contributed by atoms with E-state index in [1.165, 1.54) is 4.90 Å². The number of rotatable bonds is 7. The Bertz CT molecular complexity index is 618. The summed E-state index contributed by atoms with van der Waals surface area (Å²) in [7, 11) is 0. The number of carboxylic acids is 2. The minimum absolute atomic E-state index is 0.0691. The van der Waals surface area contributed by atoms with Gasteiger partial charge in [-0.3, -0.25) is 4.79 Å². The van der Waals surface area contributed by atoms with E-state index >= 15 is 0 Å². The van der Waals surface area contributed by atoms with E-state index in [1.54, 1.807) is 0 Å². The molecule has 1 aromatic heterocycles. The van der Waals surface area contributed by atoms with Crippen LogP contribution in [-0.2, 0) is 16.1 Å². The number of nitrogens with one attached hydrogen (secondary N) is 1. The molecule has 0 spiro atoms. The first-order chi connectivity index (χ1) is 11.4. The average molecular weight is 341 g/mol. The van der Waals surface area contributed by atoms with E-state index in [0.717, 1.165) is 0 Å². The summed E-state index contributed by atoms with van der Waals surface area (Å²) < 4.78 is 4.94. The van der Waals surface area contributed by atoms with E-state index in [2.05, 4.69) is 15.5 Å². The van der Waals surface area contributed by atoms with Crippen molar-refractivity contribution in [1.82, 2.24) is 20.4 Å². The number of aliphatic carboxylic acids is 2. The van der Waals surface area contributed by atoms with Crippen molar-refractivity contribution in [1.29, 1.82) is 0 Å². The maximum atomic E-state index is 12.0. The van der Waals surface area contributed by atoms with Gasteiger partial charge in [0, 0.05) is 13.0 Å². The standard InChI is InChI=1S/C13H19N5O6/c14-7(3-4-10(19)20)11-16-9(24-17-11)6-15-13(23)18-5-1-2-8(18)12(21)22/h7-8H,1-6,14H2,(H,15,23)(H,19,20)(H,21,22). The third kappa shape index (κ3) is 4.41. The van der Waals surface area contributed by atoms with Crippen LogP contribution in [0.5, 0.6) is 0 Å². The lowest BCUT2D eigenvalue weighted by Gasteiger charge is -2.21. The number of likely N-dealkylation sites (tertiary alicyclic amines) is 1. The summed E-state index contributed by atoms with van der Waals surface area (Å²) >= 11 is 0. The number of aromatic nitrogens is 2. The molecule has 1 aliphatic rings. The van der Waals surface area contributed by atoms with Gasteiger partial charge in [-0.05, 0) is 19.3 Å². The van der Waals surface area contributed by atoms with Crippen LogP contribution in [0.1, 0.15) is 43.4 Å². The molecule has 2 heterocycles. The number of nitrogens with zero attached hydrogens (tertiary/aromatic N) is 3. The zero-order valence-electron chi connectivity index (χ0n) is 12.8. The smallest absolute Gasteiger partial charge is 0.326 e. The first-order valence-electron chi connectivity index (χ1n) is 7.45. The molecule has 132 valence electrons. The van der Waals surface area contributed by atoms with Gasteiger partial charge in [0.2, 0.25) is 5.89 Å². The summed E-state index contributed by atoms with van der Waals surface area (Å²) in [5.41, 5.74) is 5.75. The summed E-state index contributed by atoms with van der Waals surface area (Å²) in [5.74, 6) is -1.74. The minimum atomic E-state index is -1.04. The Kier molecular flexibility index (Phi) is 5.68. The van der Waals surface area contributed by atoms with Crippen LogP contribution in [0.2, 0.25) is 0 Å². The zero-order chi connectivity index (χ0) is 17.7. The molecule has 0 saturated carbocycles. The highest BCUT2D eigenvalue weighted by atomic mass is 16.5. The van der Waals surface area contributed by atoms with Gasteiger partial charge in [0.1, 0.15) is 6.04 Å². The van der Waals surface area contributed by atoms with Crippen LogP contribution >= 0.6 is 0 Å². The summed E-state index contributed by atoms with van der Waals surface area (Å²) in [6.45, 7) is 0.304. The number of carbonyl (C=O) groups excluding carboxylic acids is 1. The molecular weight excluding hydrogens is 322 g/mol. The number of hydrogen-bond acceptors (Lipinski definition) is 7. The molecule has 1 aromatic rings. The topological polar surface area (TPSA) is 172 Å². The highest BCUT2D eigenvalue weighted by Gasteiger charge is 2.34. The molecule has 1 saturated heterocycles. The number of amides is 2. The molecular formula is C13H19N5O6. The summed E-state index contributed by atoms with van der Waals surface area (Å²) in [4.78, 5) is 38.8. The average Bonchev–Trinajstić information content (AvgIpc) is 3.19. The van der Waals surface area contributed by atoms with Crippen LogP contribution in [0.15, 0.2) is 4.52 Å². The molecule has 24 heavy (non-hydrogen) atoms. The van der Waals surface area contributed by atoms with Crippen molar-refractivity contribution in [2.24, 2.45) is 5.73 Å². The summed E-state index contributed by atoms with van der Waals surface area (Å²) in [6.07, 6.45) is 1.10. The molecule has 1 aliphatic heterocycles. The van der Waals surface area contributed by atoms with Gasteiger partial charge < -0.3 is 30.7 Å². The van der Waals surface area contributed by atoms with E-state index in [-0.39, 0.29) is 31.1 Å². The normalized spacial score (nSPS) is 18.4. The maximum absolute atomic E-state index is 12.0. The predicted octanol–water partition coefficient (Wildman–Crippen LogP) is -0.307. The molecule has 5 N–H and O–H groups in total. The first-order valence-corrected chi connectivity index (χ1v) is 7.45. The fraction of sp³-hybridized carbons (Fsp3) is 0.615. The Hall–Kier alpha value is -2.69. The lowest BCUT2D eigenvalue weighted by molar-refractivity contribution is -0.141. The van der Waals surface area contributed by atoms with E-state index in [1.807, 2.05) is 0 Å². The van der Waals surface area contributed by atoms with E-state index < -0.39 is 30.1 Å². The van der Waals surface area contributed by atoms with Crippen molar-refractivity contribution < 1.29 is 29.1 Å². The SMILES string of the molecule is NC(CCC(=O)O)c1noc(CNC(=O)N2CCCC2C(=O)O)n1. The van der Waals surface area contributed by atoms with Crippen molar-refractivity contribution >= 4 is 18.0 Å². The molecule has 0 aromatic carbocycles. The Morgan fingerprint density at radius 1 is 1.42 bits per heavy atom. The lowest BCUT2D eigenvalue weighted by atomic mass is 10.1. The molecule has 11 heteroatoms. The Labute approximate surface area is 136 Å². The fourth-order valence-corrected chi connectivity index (χ4v) is 2.42. The second-order valence-electron chi connectivity index (χ2n) is 5.43. The molecule has 2 amide bonds. The van der Waals surface area contributed by atoms with Crippen LogP contribution in [-0.4, -0.2) is 55.8 Å². The molecule has 2 unspecified atom stereocenters. The minimum Gasteiger partial charge on any atom is -0.481 e. The third-order valence-corrected chi connectivity index (χ3v) is 3.67. The van der Waals surface area contributed by atoms with Crippen LogP contribution in [0.4, 0.5) is 4.79 Å². The van der Waals surface area contributed by atoms with Gasteiger partial charge in [0.25, 0.3) is 0 Å². The molecule has 2 atom stereocenters. The predicted molar refractivity (Wildman–Crippen MR) is 77.7 cm³/mol.